The van der Waals surface area contributed by atoms with E-state index in [9.17, 15) is 4.79 Å². The van der Waals surface area contributed by atoms with Crippen LogP contribution in [0.1, 0.15) is 29.8 Å². The Hall–Kier alpha value is -4.12. The van der Waals surface area contributed by atoms with Crippen LogP contribution in [0.5, 0.6) is 5.75 Å². The molecule has 4 N–H and O–H groups in total. The smallest absolute Gasteiger partial charge is 0.252 e. The molecule has 0 spiro atoms. The van der Waals surface area contributed by atoms with Gasteiger partial charge in [-0.1, -0.05) is 6.07 Å². The van der Waals surface area contributed by atoms with Crippen molar-refractivity contribution < 1.29 is 9.53 Å². The highest BCUT2D eigenvalue weighted by Gasteiger charge is 2.25. The van der Waals surface area contributed by atoms with Crippen LogP contribution in [-0.2, 0) is 0 Å². The van der Waals surface area contributed by atoms with Crippen LogP contribution in [0.15, 0.2) is 65.6 Å². The highest BCUT2D eigenvalue weighted by atomic mass is 32.2. The molecule has 0 bridgehead atoms. The number of hydrogen-bond donors (Lipinski definition) is 3. The molecule has 0 saturated carbocycles. The van der Waals surface area contributed by atoms with Crippen LogP contribution in [0.4, 0.5) is 5.69 Å². The molecule has 0 atom stereocenters. The van der Waals surface area contributed by atoms with Crippen LogP contribution >= 0.6 is 12.1 Å². The minimum atomic E-state index is -0.669. The Balaban J connectivity index is 1.31. The molecule has 3 aromatic heterocycles. The van der Waals surface area contributed by atoms with Gasteiger partial charge < -0.3 is 20.5 Å². The average Bonchev–Trinajstić information content (AvgIpc) is 3.27. The van der Waals surface area contributed by atoms with E-state index >= 15 is 0 Å². The lowest BCUT2D eigenvalue weighted by molar-refractivity contribution is 0.0880. The predicted molar refractivity (Wildman–Crippen MR) is 132 cm³/mol. The van der Waals surface area contributed by atoms with Gasteiger partial charge in [0.05, 0.1) is 34.4 Å². The number of benzene rings is 1. The standard InChI is InChI=1S/C23H22N8O2S/c1-23(2,12-33-17-7-3-5-15-19(17)20(24)30-34-29-15)28-22(32)14-8-10-25-18(11-14)31-13-27-21-16(31)6-4-9-26-21/h3-11,13,29H,12H2,1-2H3,(H2,24,30)(H,28,32). The lowest BCUT2D eigenvalue weighted by Gasteiger charge is -2.27. The number of carbonyl (C=O) groups excluding carboxylic acids is 1. The lowest BCUT2D eigenvalue weighted by atomic mass is 10.1. The van der Waals surface area contributed by atoms with Gasteiger partial charge in [-0.25, -0.2) is 15.0 Å². The summed E-state index contributed by atoms with van der Waals surface area (Å²) in [6.07, 6.45) is 4.92. The van der Waals surface area contributed by atoms with Gasteiger partial charge in [-0.2, -0.15) is 4.40 Å². The van der Waals surface area contributed by atoms with Crippen molar-refractivity contribution in [1.82, 2.24) is 24.8 Å². The van der Waals surface area contributed by atoms with Crippen LogP contribution in [0.3, 0.4) is 0 Å². The van der Waals surface area contributed by atoms with Crippen LogP contribution in [0.25, 0.3) is 17.0 Å². The Morgan fingerprint density at radius 3 is 2.94 bits per heavy atom. The SMILES string of the molecule is CC(C)(COc1cccc2c1C(N)=NSN2)NC(=O)c1ccnc(-n2cnc3ncccc32)c1. The Bertz CT molecular complexity index is 1420. The maximum Gasteiger partial charge on any atom is 0.252 e. The summed E-state index contributed by atoms with van der Waals surface area (Å²) in [5, 5.41) is 3.03. The fourth-order valence-corrected chi connectivity index (χ4v) is 4.07. The summed E-state index contributed by atoms with van der Waals surface area (Å²) in [4.78, 5) is 26.0. The third-order valence-electron chi connectivity index (χ3n) is 5.20. The zero-order chi connectivity index (χ0) is 23.7. The van der Waals surface area contributed by atoms with E-state index in [4.69, 9.17) is 10.5 Å². The molecule has 0 saturated heterocycles. The van der Waals surface area contributed by atoms with E-state index in [-0.39, 0.29) is 12.5 Å². The highest BCUT2D eigenvalue weighted by molar-refractivity contribution is 7.99. The second kappa shape index (κ2) is 8.67. The first-order valence-electron chi connectivity index (χ1n) is 10.5. The van der Waals surface area contributed by atoms with Crippen molar-refractivity contribution in [3.63, 3.8) is 0 Å². The van der Waals surface area contributed by atoms with Crippen molar-refractivity contribution in [3.8, 4) is 11.6 Å². The zero-order valence-electron chi connectivity index (χ0n) is 18.5. The third-order valence-corrected chi connectivity index (χ3v) is 5.80. The van der Waals surface area contributed by atoms with Crippen LogP contribution in [0, 0.1) is 0 Å². The monoisotopic (exact) mass is 474 g/mol. The number of nitrogens with zero attached hydrogens (tertiary/aromatic N) is 5. The minimum Gasteiger partial charge on any atom is -0.490 e. The topological polar surface area (TPSA) is 132 Å². The lowest BCUT2D eigenvalue weighted by Crippen LogP contribution is -2.48. The van der Waals surface area contributed by atoms with E-state index in [2.05, 4.69) is 29.4 Å². The van der Waals surface area contributed by atoms with Crippen LogP contribution in [0.2, 0.25) is 0 Å². The number of amides is 1. The summed E-state index contributed by atoms with van der Waals surface area (Å²) in [6.45, 7) is 4.01. The van der Waals surface area contributed by atoms with Crippen molar-refractivity contribution in [3.05, 3.63) is 72.3 Å². The number of aromatic nitrogens is 4. The number of hydrogen-bond acceptors (Lipinski definition) is 9. The van der Waals surface area contributed by atoms with Crippen molar-refractivity contribution in [1.29, 1.82) is 0 Å². The maximum atomic E-state index is 13.1. The third kappa shape index (κ3) is 4.25. The fraction of sp³-hybridized carbons (Fsp3) is 0.174. The first kappa shape index (κ1) is 21.7. The summed E-state index contributed by atoms with van der Waals surface area (Å²) in [6, 6.07) is 12.7. The number of nitrogens with one attached hydrogen (secondary N) is 2. The summed E-state index contributed by atoms with van der Waals surface area (Å²) in [5.41, 5.74) is 8.83. The molecule has 0 radical (unpaired) electrons. The molecule has 11 heteroatoms. The van der Waals surface area contributed by atoms with E-state index in [1.807, 2.05) is 44.2 Å². The summed E-state index contributed by atoms with van der Waals surface area (Å²) in [5.74, 6) is 1.32. The number of fused-ring (bicyclic) bond motifs is 2. The highest BCUT2D eigenvalue weighted by Crippen LogP contribution is 2.32. The van der Waals surface area contributed by atoms with Gasteiger partial charge in [-0.05, 0) is 50.2 Å². The molecule has 1 aromatic carbocycles. The molecule has 0 fully saturated rings. The summed E-state index contributed by atoms with van der Waals surface area (Å²) >= 11 is 1.17. The largest absolute Gasteiger partial charge is 0.490 e. The number of nitrogens with two attached hydrogens (primary N) is 1. The summed E-state index contributed by atoms with van der Waals surface area (Å²) < 4.78 is 15.1. The van der Waals surface area contributed by atoms with E-state index in [1.54, 1.807) is 35.4 Å². The Kier molecular flexibility index (Phi) is 5.54. The number of amidine groups is 1. The Labute approximate surface area is 199 Å². The van der Waals surface area contributed by atoms with Crippen molar-refractivity contribution in [2.24, 2.45) is 10.1 Å². The van der Waals surface area contributed by atoms with E-state index in [0.717, 1.165) is 11.2 Å². The van der Waals surface area contributed by atoms with E-state index in [1.165, 1.54) is 12.1 Å². The van der Waals surface area contributed by atoms with Crippen molar-refractivity contribution in [2.45, 2.75) is 19.4 Å². The fourth-order valence-electron chi connectivity index (χ4n) is 3.57. The summed E-state index contributed by atoms with van der Waals surface area (Å²) in [7, 11) is 0. The van der Waals surface area contributed by atoms with Crippen molar-refractivity contribution in [2.75, 3.05) is 11.3 Å². The molecule has 4 heterocycles. The van der Waals surface area contributed by atoms with Gasteiger partial charge >= 0.3 is 0 Å². The van der Waals surface area contributed by atoms with Gasteiger partial charge in [0.1, 0.15) is 30.3 Å². The second-order valence-corrected chi connectivity index (χ2v) is 8.91. The van der Waals surface area contributed by atoms with E-state index in [0.29, 0.717) is 34.2 Å². The van der Waals surface area contributed by atoms with Crippen LogP contribution in [-0.4, -0.2) is 43.4 Å². The molecular weight excluding hydrogens is 452 g/mol. The first-order chi connectivity index (χ1) is 16.4. The molecule has 172 valence electrons. The molecule has 4 aromatic rings. The molecule has 1 aliphatic rings. The average molecular weight is 475 g/mol. The molecule has 0 unspecified atom stereocenters. The molecule has 1 aliphatic heterocycles. The number of rotatable bonds is 6. The maximum absolute atomic E-state index is 13.1. The van der Waals surface area contributed by atoms with Crippen molar-refractivity contribution >= 4 is 40.7 Å². The Morgan fingerprint density at radius 2 is 2.06 bits per heavy atom. The molecule has 5 rings (SSSR count). The van der Waals surface area contributed by atoms with Gasteiger partial charge in [-0.3, -0.25) is 9.36 Å². The quantitative estimate of drug-likeness (QED) is 0.363. The van der Waals surface area contributed by atoms with Gasteiger partial charge in [-0.15, -0.1) is 0 Å². The number of anilines is 1. The number of imidazole rings is 1. The molecular formula is C23H22N8O2S. The number of pyridine rings is 2. The van der Waals surface area contributed by atoms with Gasteiger partial charge in [0.2, 0.25) is 0 Å². The molecule has 1 amide bonds. The molecule has 0 aliphatic carbocycles. The van der Waals surface area contributed by atoms with Gasteiger partial charge in [0, 0.05) is 18.0 Å². The molecule has 34 heavy (non-hydrogen) atoms. The molecule has 10 nitrogen and oxygen atoms in total. The Morgan fingerprint density at radius 1 is 1.18 bits per heavy atom. The van der Waals surface area contributed by atoms with Gasteiger partial charge in [0.25, 0.3) is 5.91 Å². The normalized spacial score (nSPS) is 13.1. The predicted octanol–water partition coefficient (Wildman–Crippen LogP) is 3.10. The number of ether oxygens (including phenoxy) is 1. The van der Waals surface area contributed by atoms with Gasteiger partial charge in [0.15, 0.2) is 5.65 Å². The van der Waals surface area contributed by atoms with E-state index < -0.39 is 5.54 Å². The number of carbonyl (C=O) groups is 1. The second-order valence-electron chi connectivity index (χ2n) is 8.34. The first-order valence-corrected chi connectivity index (χ1v) is 11.3. The van der Waals surface area contributed by atoms with Crippen LogP contribution < -0.4 is 20.5 Å². The zero-order valence-corrected chi connectivity index (χ0v) is 19.3. The minimum absolute atomic E-state index is 0.228.